The number of aromatic nitrogens is 4. The summed E-state index contributed by atoms with van der Waals surface area (Å²) in [7, 11) is 3.26. The Morgan fingerprint density at radius 2 is 1.76 bits per heavy atom. The predicted octanol–water partition coefficient (Wildman–Crippen LogP) is 5.07. The van der Waals surface area contributed by atoms with E-state index >= 15 is 0 Å². The first kappa shape index (κ1) is 25.5. The number of unbranched alkanes of at least 4 members (excludes halogenated alkanes) is 2. The molecular weight excluding hydrogens is 432 g/mol. The van der Waals surface area contributed by atoms with E-state index in [1.165, 1.54) is 0 Å². The molecule has 8 nitrogen and oxygen atoms in total. The van der Waals surface area contributed by atoms with Gasteiger partial charge in [0.2, 0.25) is 11.6 Å². The van der Waals surface area contributed by atoms with Crippen molar-refractivity contribution in [2.24, 2.45) is 0 Å². The number of methoxy groups -OCH3 is 2. The standard InChI is InChI=1S/C26H34N4O4/c1-5-7-11-22-28-25(26(33-3,34-4)16-8-6-2)29-30(22)18-19-12-14-20(15-13-19)23-21(24(31)32)10-9-17-27-23/h9-10,12-15,17H,5-8,11,16,18H2,1-4H3,(H,31,32). The zero-order valence-electron chi connectivity index (χ0n) is 20.5. The Bertz CT molecular complexity index is 1070. The van der Waals surface area contributed by atoms with Gasteiger partial charge in [0, 0.05) is 38.8 Å². The average Bonchev–Trinajstić information content (AvgIpc) is 3.27. The molecule has 3 rings (SSSR count). The van der Waals surface area contributed by atoms with E-state index in [1.807, 2.05) is 28.9 Å². The molecular formula is C26H34N4O4. The number of rotatable bonds is 13. The molecule has 182 valence electrons. The van der Waals surface area contributed by atoms with Crippen molar-refractivity contribution in [3.63, 3.8) is 0 Å². The van der Waals surface area contributed by atoms with Crippen molar-refractivity contribution < 1.29 is 19.4 Å². The summed E-state index contributed by atoms with van der Waals surface area (Å²) in [6.07, 6.45) is 7.12. The molecule has 0 radical (unpaired) electrons. The SMILES string of the molecule is CCCCc1nc(C(CCCC)(OC)OC)nn1Cc1ccc(-c2ncccc2C(=O)O)cc1. The number of hydrogen-bond acceptors (Lipinski definition) is 6. The van der Waals surface area contributed by atoms with Gasteiger partial charge in [-0.05, 0) is 30.5 Å². The van der Waals surface area contributed by atoms with E-state index in [2.05, 4.69) is 18.8 Å². The Morgan fingerprint density at radius 3 is 2.38 bits per heavy atom. The van der Waals surface area contributed by atoms with Crippen LogP contribution >= 0.6 is 0 Å². The highest BCUT2D eigenvalue weighted by atomic mass is 16.7. The van der Waals surface area contributed by atoms with Crippen LogP contribution < -0.4 is 0 Å². The molecule has 1 aromatic carbocycles. The third-order valence-corrected chi connectivity index (χ3v) is 5.96. The van der Waals surface area contributed by atoms with Gasteiger partial charge in [0.25, 0.3) is 0 Å². The summed E-state index contributed by atoms with van der Waals surface area (Å²) in [6.45, 7) is 4.82. The number of nitrogens with zero attached hydrogens (tertiary/aromatic N) is 4. The summed E-state index contributed by atoms with van der Waals surface area (Å²) < 4.78 is 13.5. The van der Waals surface area contributed by atoms with Gasteiger partial charge in [-0.1, -0.05) is 51.0 Å². The highest BCUT2D eigenvalue weighted by molar-refractivity contribution is 5.94. The molecule has 3 aromatic rings. The van der Waals surface area contributed by atoms with E-state index < -0.39 is 11.8 Å². The van der Waals surface area contributed by atoms with Gasteiger partial charge in [-0.2, -0.15) is 0 Å². The van der Waals surface area contributed by atoms with Crippen molar-refractivity contribution in [2.45, 2.75) is 64.7 Å². The van der Waals surface area contributed by atoms with Crippen LogP contribution in [-0.4, -0.2) is 45.0 Å². The second kappa shape index (κ2) is 11.9. The van der Waals surface area contributed by atoms with Crippen molar-refractivity contribution in [2.75, 3.05) is 14.2 Å². The second-order valence-corrected chi connectivity index (χ2v) is 8.28. The molecule has 2 aromatic heterocycles. The maximum absolute atomic E-state index is 11.5. The fraction of sp³-hybridized carbons (Fsp3) is 0.462. The highest BCUT2D eigenvalue weighted by Gasteiger charge is 2.37. The average molecular weight is 467 g/mol. The fourth-order valence-electron chi connectivity index (χ4n) is 3.92. The van der Waals surface area contributed by atoms with Gasteiger partial charge in [0.15, 0.2) is 0 Å². The minimum absolute atomic E-state index is 0.181. The van der Waals surface area contributed by atoms with Crippen LogP contribution in [0.2, 0.25) is 0 Å². The number of benzene rings is 1. The van der Waals surface area contributed by atoms with Crippen LogP contribution in [0.25, 0.3) is 11.3 Å². The number of pyridine rings is 1. The molecule has 0 aliphatic rings. The number of aromatic carboxylic acids is 1. The maximum Gasteiger partial charge on any atom is 0.337 e. The fourth-order valence-corrected chi connectivity index (χ4v) is 3.92. The molecule has 1 N–H and O–H groups in total. The lowest BCUT2D eigenvalue weighted by Gasteiger charge is -2.27. The summed E-state index contributed by atoms with van der Waals surface area (Å²) in [5.41, 5.74) is 2.42. The molecule has 0 saturated carbocycles. The first-order valence-corrected chi connectivity index (χ1v) is 11.8. The molecule has 0 aliphatic carbocycles. The van der Waals surface area contributed by atoms with Gasteiger partial charge in [-0.25, -0.2) is 14.5 Å². The maximum atomic E-state index is 11.5. The van der Waals surface area contributed by atoms with E-state index in [9.17, 15) is 9.90 Å². The predicted molar refractivity (Wildman–Crippen MR) is 130 cm³/mol. The molecule has 8 heteroatoms. The van der Waals surface area contributed by atoms with E-state index in [4.69, 9.17) is 19.6 Å². The zero-order chi connectivity index (χ0) is 24.6. The molecule has 0 atom stereocenters. The minimum Gasteiger partial charge on any atom is -0.478 e. The van der Waals surface area contributed by atoms with Crippen LogP contribution in [-0.2, 0) is 28.2 Å². The number of carboxylic acids is 1. The zero-order valence-corrected chi connectivity index (χ0v) is 20.5. The first-order valence-electron chi connectivity index (χ1n) is 11.8. The smallest absolute Gasteiger partial charge is 0.337 e. The molecule has 0 saturated heterocycles. The molecule has 0 bridgehead atoms. The third kappa shape index (κ3) is 5.69. The van der Waals surface area contributed by atoms with Gasteiger partial charge >= 0.3 is 5.97 Å². The Kier molecular flexibility index (Phi) is 8.90. The lowest BCUT2D eigenvalue weighted by molar-refractivity contribution is -0.226. The molecule has 2 heterocycles. The summed E-state index contributed by atoms with van der Waals surface area (Å²) in [5, 5.41) is 14.3. The van der Waals surface area contributed by atoms with E-state index in [0.29, 0.717) is 24.5 Å². The largest absolute Gasteiger partial charge is 0.478 e. The van der Waals surface area contributed by atoms with Gasteiger partial charge in [-0.3, -0.25) is 4.98 Å². The van der Waals surface area contributed by atoms with Gasteiger partial charge in [0.1, 0.15) is 5.82 Å². The van der Waals surface area contributed by atoms with Crippen LogP contribution in [0, 0.1) is 0 Å². The van der Waals surface area contributed by atoms with Gasteiger partial charge < -0.3 is 14.6 Å². The van der Waals surface area contributed by atoms with Crippen molar-refractivity contribution in [3.8, 4) is 11.3 Å². The van der Waals surface area contributed by atoms with Crippen molar-refractivity contribution in [1.29, 1.82) is 0 Å². The van der Waals surface area contributed by atoms with Crippen LogP contribution in [0.5, 0.6) is 0 Å². The van der Waals surface area contributed by atoms with Crippen molar-refractivity contribution >= 4 is 5.97 Å². The highest BCUT2D eigenvalue weighted by Crippen LogP contribution is 2.30. The first-order chi connectivity index (χ1) is 16.5. The molecule has 0 aliphatic heterocycles. The van der Waals surface area contributed by atoms with Crippen molar-refractivity contribution in [3.05, 3.63) is 65.4 Å². The lowest BCUT2D eigenvalue weighted by atomic mass is 10.0. The Morgan fingerprint density at radius 1 is 1.06 bits per heavy atom. The summed E-state index contributed by atoms with van der Waals surface area (Å²) in [4.78, 5) is 20.6. The summed E-state index contributed by atoms with van der Waals surface area (Å²) in [6, 6.07) is 10.9. The summed E-state index contributed by atoms with van der Waals surface area (Å²) >= 11 is 0. The van der Waals surface area contributed by atoms with E-state index in [-0.39, 0.29) is 5.56 Å². The normalized spacial score (nSPS) is 11.6. The quantitative estimate of drug-likeness (QED) is 0.351. The van der Waals surface area contributed by atoms with Crippen LogP contribution in [0.1, 0.15) is 73.5 Å². The molecule has 34 heavy (non-hydrogen) atoms. The van der Waals surface area contributed by atoms with Gasteiger partial charge in [-0.15, -0.1) is 5.10 Å². The van der Waals surface area contributed by atoms with Crippen LogP contribution in [0.3, 0.4) is 0 Å². The molecule has 0 amide bonds. The molecule has 0 spiro atoms. The molecule has 0 fully saturated rings. The Balaban J connectivity index is 1.90. The van der Waals surface area contributed by atoms with E-state index in [0.717, 1.165) is 49.1 Å². The number of aryl methyl sites for hydroxylation is 1. The monoisotopic (exact) mass is 466 g/mol. The third-order valence-electron chi connectivity index (χ3n) is 5.96. The van der Waals surface area contributed by atoms with E-state index in [1.54, 1.807) is 32.5 Å². The van der Waals surface area contributed by atoms with Crippen LogP contribution in [0.15, 0.2) is 42.6 Å². The minimum atomic E-state index is -0.995. The number of ether oxygens (including phenoxy) is 2. The topological polar surface area (TPSA) is 99.4 Å². The van der Waals surface area contributed by atoms with Crippen LogP contribution in [0.4, 0.5) is 0 Å². The van der Waals surface area contributed by atoms with Gasteiger partial charge in [0.05, 0.1) is 17.8 Å². The number of carboxylic acid groups (broad SMARTS) is 1. The number of hydrogen-bond donors (Lipinski definition) is 1. The Labute approximate surface area is 201 Å². The molecule has 0 unspecified atom stereocenters. The Hall–Kier alpha value is -3.10. The number of carbonyl (C=O) groups is 1. The lowest BCUT2D eigenvalue weighted by Crippen LogP contribution is -2.32. The van der Waals surface area contributed by atoms with Crippen molar-refractivity contribution in [1.82, 2.24) is 19.7 Å². The second-order valence-electron chi connectivity index (χ2n) is 8.28. The summed E-state index contributed by atoms with van der Waals surface area (Å²) in [5.74, 6) is -0.508.